The Bertz CT molecular complexity index is 755. The summed E-state index contributed by atoms with van der Waals surface area (Å²) < 4.78 is 0. The van der Waals surface area contributed by atoms with Gasteiger partial charge in [-0.1, -0.05) is 55.0 Å². The third kappa shape index (κ3) is 6.36. The molecule has 1 aliphatic carbocycles. The molecule has 3 rings (SSSR count). The second-order valence-electron chi connectivity index (χ2n) is 7.22. The minimum absolute atomic E-state index is 0. The number of rotatable bonds is 7. The van der Waals surface area contributed by atoms with Crippen molar-refractivity contribution in [2.45, 2.75) is 44.2 Å². The van der Waals surface area contributed by atoms with Gasteiger partial charge in [0.2, 0.25) is 11.8 Å². The quantitative estimate of drug-likeness (QED) is 0.665. The van der Waals surface area contributed by atoms with E-state index in [1.54, 1.807) is 0 Å². The lowest BCUT2D eigenvalue weighted by Gasteiger charge is -2.21. The number of carbonyl (C=O) groups excluding carboxylic acids is 2. The van der Waals surface area contributed by atoms with Crippen molar-refractivity contribution >= 4 is 29.9 Å². The number of halogens is 1. The predicted molar refractivity (Wildman–Crippen MR) is 114 cm³/mol. The summed E-state index contributed by atoms with van der Waals surface area (Å²) in [7, 11) is 0. The number of amides is 2. The Morgan fingerprint density at radius 2 is 1.64 bits per heavy atom. The van der Waals surface area contributed by atoms with E-state index in [1.807, 2.05) is 60.7 Å². The SMILES string of the molecule is Cl.N[C@@H]1CCC[C@H]1CC(=O)NC(Cc1ccccc1)C(=O)Nc1ccccc1. The molecule has 3 atom stereocenters. The number of carbonyl (C=O) groups is 2. The van der Waals surface area contributed by atoms with Crippen LogP contribution in [0.25, 0.3) is 0 Å². The van der Waals surface area contributed by atoms with Crippen molar-refractivity contribution in [3.05, 3.63) is 66.2 Å². The molecule has 4 N–H and O–H groups in total. The van der Waals surface area contributed by atoms with Gasteiger partial charge in [-0.3, -0.25) is 9.59 Å². The molecule has 0 saturated heterocycles. The predicted octanol–water partition coefficient (Wildman–Crippen LogP) is 3.29. The van der Waals surface area contributed by atoms with E-state index in [0.29, 0.717) is 18.5 Å². The smallest absolute Gasteiger partial charge is 0.247 e. The maximum absolute atomic E-state index is 12.8. The van der Waals surface area contributed by atoms with Crippen LogP contribution in [0.4, 0.5) is 5.69 Å². The third-order valence-corrected chi connectivity index (χ3v) is 5.14. The van der Waals surface area contributed by atoms with Crippen LogP contribution in [0.2, 0.25) is 0 Å². The topological polar surface area (TPSA) is 84.2 Å². The van der Waals surface area contributed by atoms with Crippen LogP contribution in [-0.2, 0) is 16.0 Å². The Labute approximate surface area is 172 Å². The van der Waals surface area contributed by atoms with Gasteiger partial charge in [-0.05, 0) is 36.5 Å². The highest BCUT2D eigenvalue weighted by Crippen LogP contribution is 2.26. The van der Waals surface area contributed by atoms with E-state index in [-0.39, 0.29) is 36.2 Å². The monoisotopic (exact) mass is 401 g/mol. The summed E-state index contributed by atoms with van der Waals surface area (Å²) in [6, 6.07) is 18.5. The summed E-state index contributed by atoms with van der Waals surface area (Å²) >= 11 is 0. The molecule has 150 valence electrons. The van der Waals surface area contributed by atoms with E-state index in [0.717, 1.165) is 24.8 Å². The van der Waals surface area contributed by atoms with Crippen molar-refractivity contribution in [3.8, 4) is 0 Å². The average molecular weight is 402 g/mol. The van der Waals surface area contributed by atoms with Gasteiger partial charge in [-0.15, -0.1) is 12.4 Å². The molecule has 1 unspecified atom stereocenters. The number of nitrogens with one attached hydrogen (secondary N) is 2. The fraction of sp³-hybridized carbons (Fsp3) is 0.364. The minimum atomic E-state index is -0.627. The zero-order valence-corrected chi connectivity index (χ0v) is 16.7. The first-order chi connectivity index (χ1) is 13.1. The summed E-state index contributed by atoms with van der Waals surface area (Å²) in [6.45, 7) is 0. The average Bonchev–Trinajstić information content (AvgIpc) is 3.07. The molecule has 0 radical (unpaired) electrons. The van der Waals surface area contributed by atoms with Gasteiger partial charge in [0.25, 0.3) is 0 Å². The molecule has 0 heterocycles. The first-order valence-electron chi connectivity index (χ1n) is 9.56. The molecule has 28 heavy (non-hydrogen) atoms. The molecular formula is C22H28ClN3O2. The fourth-order valence-corrected chi connectivity index (χ4v) is 3.62. The molecule has 0 bridgehead atoms. The number of anilines is 1. The van der Waals surface area contributed by atoms with E-state index in [1.165, 1.54) is 0 Å². The van der Waals surface area contributed by atoms with Crippen LogP contribution >= 0.6 is 12.4 Å². The molecule has 2 amide bonds. The molecule has 0 aliphatic heterocycles. The molecule has 5 nitrogen and oxygen atoms in total. The lowest BCUT2D eigenvalue weighted by Crippen LogP contribution is -2.46. The van der Waals surface area contributed by atoms with Crippen LogP contribution in [0, 0.1) is 5.92 Å². The van der Waals surface area contributed by atoms with E-state index < -0.39 is 6.04 Å². The molecule has 0 aromatic heterocycles. The maximum Gasteiger partial charge on any atom is 0.247 e. The summed E-state index contributed by atoms with van der Waals surface area (Å²) in [4.78, 5) is 25.4. The second-order valence-corrected chi connectivity index (χ2v) is 7.22. The highest BCUT2D eigenvalue weighted by molar-refractivity contribution is 5.97. The maximum atomic E-state index is 12.8. The molecule has 2 aromatic carbocycles. The van der Waals surface area contributed by atoms with E-state index in [4.69, 9.17) is 5.73 Å². The summed E-state index contributed by atoms with van der Waals surface area (Å²) in [5, 5.41) is 5.82. The number of benzene rings is 2. The lowest BCUT2D eigenvalue weighted by molar-refractivity contribution is -0.127. The Balaban J connectivity index is 0.00000280. The minimum Gasteiger partial charge on any atom is -0.344 e. The van der Waals surface area contributed by atoms with Gasteiger partial charge < -0.3 is 16.4 Å². The normalized spacial score (nSPS) is 19.3. The number of hydrogen-bond acceptors (Lipinski definition) is 3. The molecule has 1 fully saturated rings. The highest BCUT2D eigenvalue weighted by atomic mass is 35.5. The Morgan fingerprint density at radius 3 is 2.25 bits per heavy atom. The summed E-state index contributed by atoms with van der Waals surface area (Å²) in [5.41, 5.74) is 7.80. The van der Waals surface area contributed by atoms with Gasteiger partial charge in [0.15, 0.2) is 0 Å². The number of hydrogen-bond donors (Lipinski definition) is 3. The van der Waals surface area contributed by atoms with E-state index in [9.17, 15) is 9.59 Å². The highest BCUT2D eigenvalue weighted by Gasteiger charge is 2.28. The number of nitrogens with two attached hydrogens (primary N) is 1. The molecular weight excluding hydrogens is 374 g/mol. The molecule has 1 saturated carbocycles. The zero-order chi connectivity index (χ0) is 19.1. The van der Waals surface area contributed by atoms with Crippen molar-refractivity contribution < 1.29 is 9.59 Å². The van der Waals surface area contributed by atoms with Crippen LogP contribution < -0.4 is 16.4 Å². The van der Waals surface area contributed by atoms with Crippen molar-refractivity contribution in [3.63, 3.8) is 0 Å². The Morgan fingerprint density at radius 1 is 1.00 bits per heavy atom. The lowest BCUT2D eigenvalue weighted by atomic mass is 9.99. The summed E-state index contributed by atoms with van der Waals surface area (Å²) in [5.74, 6) is -0.116. The van der Waals surface area contributed by atoms with E-state index >= 15 is 0 Å². The summed E-state index contributed by atoms with van der Waals surface area (Å²) in [6.07, 6.45) is 3.85. The van der Waals surface area contributed by atoms with Gasteiger partial charge in [0.1, 0.15) is 6.04 Å². The van der Waals surface area contributed by atoms with Crippen molar-refractivity contribution in [1.82, 2.24) is 5.32 Å². The molecule has 1 aliphatic rings. The molecule has 2 aromatic rings. The molecule has 0 spiro atoms. The van der Waals surface area contributed by atoms with Gasteiger partial charge in [0.05, 0.1) is 0 Å². The van der Waals surface area contributed by atoms with Crippen LogP contribution in [0.3, 0.4) is 0 Å². The van der Waals surface area contributed by atoms with Crippen molar-refractivity contribution in [2.75, 3.05) is 5.32 Å². The van der Waals surface area contributed by atoms with Gasteiger partial charge in [-0.25, -0.2) is 0 Å². The molecule has 6 heteroatoms. The standard InChI is InChI=1S/C22H27N3O2.ClH/c23-19-13-7-10-17(19)15-21(26)25-20(14-16-8-3-1-4-9-16)22(27)24-18-11-5-2-6-12-18;/h1-6,8-9,11-12,17,19-20H,7,10,13-15,23H2,(H,24,27)(H,25,26);1H/t17-,19+,20?;/m0./s1. The third-order valence-electron chi connectivity index (χ3n) is 5.14. The van der Waals surface area contributed by atoms with Crippen molar-refractivity contribution in [2.24, 2.45) is 11.7 Å². The second kappa shape index (κ2) is 10.8. The van der Waals surface area contributed by atoms with Crippen molar-refractivity contribution in [1.29, 1.82) is 0 Å². The van der Waals surface area contributed by atoms with Crippen LogP contribution in [-0.4, -0.2) is 23.9 Å². The van der Waals surface area contributed by atoms with Crippen LogP contribution in [0.5, 0.6) is 0 Å². The first-order valence-corrected chi connectivity index (χ1v) is 9.56. The van der Waals surface area contributed by atoms with E-state index in [2.05, 4.69) is 10.6 Å². The van der Waals surface area contributed by atoms with Gasteiger partial charge in [0, 0.05) is 24.6 Å². The Kier molecular flexibility index (Phi) is 8.48. The Hall–Kier alpha value is -2.37. The van der Waals surface area contributed by atoms with Crippen LogP contribution in [0.15, 0.2) is 60.7 Å². The van der Waals surface area contributed by atoms with Gasteiger partial charge >= 0.3 is 0 Å². The zero-order valence-electron chi connectivity index (χ0n) is 15.8. The first kappa shape index (κ1) is 21.9. The fourth-order valence-electron chi connectivity index (χ4n) is 3.62. The van der Waals surface area contributed by atoms with Gasteiger partial charge in [-0.2, -0.15) is 0 Å². The number of para-hydroxylation sites is 1. The van der Waals surface area contributed by atoms with Crippen LogP contribution in [0.1, 0.15) is 31.2 Å². The largest absolute Gasteiger partial charge is 0.344 e.